The van der Waals surface area contributed by atoms with Gasteiger partial charge in [-0.15, -0.1) is 0 Å². The lowest BCUT2D eigenvalue weighted by Crippen LogP contribution is -2.14. The van der Waals surface area contributed by atoms with Crippen LogP contribution < -0.4 is 10.6 Å². The molecule has 0 unspecified atom stereocenters. The molecule has 2 aromatic carbocycles. The van der Waals surface area contributed by atoms with Gasteiger partial charge >= 0.3 is 5.97 Å². The minimum absolute atomic E-state index is 0.179. The summed E-state index contributed by atoms with van der Waals surface area (Å²) < 4.78 is 4.71. The summed E-state index contributed by atoms with van der Waals surface area (Å²) in [6.45, 7) is 1.97. The van der Waals surface area contributed by atoms with E-state index in [-0.39, 0.29) is 11.6 Å². The van der Waals surface area contributed by atoms with Crippen molar-refractivity contribution in [3.05, 3.63) is 76.7 Å². The van der Waals surface area contributed by atoms with Gasteiger partial charge < -0.3 is 15.4 Å². The number of carbonyl (C=O) groups is 2. The van der Waals surface area contributed by atoms with Gasteiger partial charge in [0.1, 0.15) is 17.8 Å². The van der Waals surface area contributed by atoms with Crippen LogP contribution in [0.5, 0.6) is 0 Å². The molecule has 7 nitrogen and oxygen atoms in total. The third-order valence-corrected chi connectivity index (χ3v) is 4.19. The summed E-state index contributed by atoms with van der Waals surface area (Å²) in [5.74, 6) is -0.503. The smallest absolute Gasteiger partial charge is 0.337 e. The highest BCUT2D eigenvalue weighted by molar-refractivity contribution is 6.33. The number of hydrogen-bond donors (Lipinski definition) is 2. The minimum atomic E-state index is -0.486. The molecule has 0 spiro atoms. The zero-order valence-electron chi connectivity index (χ0n) is 15.2. The first-order valence-electron chi connectivity index (χ1n) is 8.31. The first-order chi connectivity index (χ1) is 13.5. The van der Waals surface area contributed by atoms with Crippen molar-refractivity contribution in [3.8, 4) is 0 Å². The van der Waals surface area contributed by atoms with Crippen LogP contribution in [0.3, 0.4) is 0 Å². The van der Waals surface area contributed by atoms with E-state index in [0.717, 1.165) is 5.56 Å². The summed E-state index contributed by atoms with van der Waals surface area (Å²) in [4.78, 5) is 32.2. The molecule has 28 heavy (non-hydrogen) atoms. The van der Waals surface area contributed by atoms with Gasteiger partial charge in [-0.25, -0.2) is 14.8 Å². The molecule has 0 atom stereocenters. The van der Waals surface area contributed by atoms with E-state index in [1.807, 2.05) is 31.2 Å². The number of amides is 1. The second-order valence-electron chi connectivity index (χ2n) is 5.92. The van der Waals surface area contributed by atoms with Crippen LogP contribution in [-0.2, 0) is 4.74 Å². The van der Waals surface area contributed by atoms with Crippen LogP contribution in [-0.4, -0.2) is 29.0 Å². The molecule has 1 amide bonds. The highest BCUT2D eigenvalue weighted by atomic mass is 35.5. The van der Waals surface area contributed by atoms with Crippen LogP contribution in [0.4, 0.5) is 17.2 Å². The number of aryl methyl sites for hydroxylation is 1. The van der Waals surface area contributed by atoms with Crippen molar-refractivity contribution in [1.29, 1.82) is 0 Å². The fourth-order valence-electron chi connectivity index (χ4n) is 2.39. The molecule has 0 fully saturated rings. The van der Waals surface area contributed by atoms with E-state index in [1.165, 1.54) is 19.5 Å². The number of nitrogens with zero attached hydrogens (tertiary/aromatic N) is 2. The zero-order valence-corrected chi connectivity index (χ0v) is 15.9. The summed E-state index contributed by atoms with van der Waals surface area (Å²) in [5.41, 5.74) is 2.72. The minimum Gasteiger partial charge on any atom is -0.465 e. The molecule has 0 saturated heterocycles. The summed E-state index contributed by atoms with van der Waals surface area (Å²) in [5, 5.41) is 6.15. The average Bonchev–Trinajstić information content (AvgIpc) is 2.71. The maximum absolute atomic E-state index is 12.4. The lowest BCUT2D eigenvalue weighted by molar-refractivity contribution is 0.0600. The predicted molar refractivity (Wildman–Crippen MR) is 107 cm³/mol. The molecule has 3 aromatic rings. The van der Waals surface area contributed by atoms with Crippen molar-refractivity contribution in [1.82, 2.24) is 9.97 Å². The second kappa shape index (κ2) is 8.49. The normalized spacial score (nSPS) is 10.2. The van der Waals surface area contributed by atoms with Crippen LogP contribution in [0.1, 0.15) is 26.4 Å². The second-order valence-corrected chi connectivity index (χ2v) is 6.33. The Morgan fingerprint density at radius 2 is 1.79 bits per heavy atom. The number of halogens is 1. The fraction of sp³-hybridized carbons (Fsp3) is 0.100. The largest absolute Gasteiger partial charge is 0.465 e. The molecule has 142 valence electrons. The molecule has 0 saturated carbocycles. The molecule has 0 bridgehead atoms. The number of rotatable bonds is 5. The van der Waals surface area contributed by atoms with Crippen molar-refractivity contribution >= 4 is 40.7 Å². The Bertz CT molecular complexity index is 1020. The molecule has 0 radical (unpaired) electrons. The molecule has 1 aromatic heterocycles. The summed E-state index contributed by atoms with van der Waals surface area (Å²) in [7, 11) is 1.30. The van der Waals surface area contributed by atoms with Gasteiger partial charge in [0.15, 0.2) is 0 Å². The van der Waals surface area contributed by atoms with Crippen molar-refractivity contribution in [2.75, 3.05) is 17.7 Å². The maximum Gasteiger partial charge on any atom is 0.337 e. The molecule has 3 rings (SSSR count). The van der Waals surface area contributed by atoms with Gasteiger partial charge in [0, 0.05) is 11.8 Å². The maximum atomic E-state index is 12.4. The summed E-state index contributed by atoms with van der Waals surface area (Å²) in [6.07, 6.45) is 1.27. The fourth-order valence-corrected chi connectivity index (χ4v) is 2.55. The first kappa shape index (κ1) is 19.3. The predicted octanol–water partition coefficient (Wildman–Crippen LogP) is 4.22. The van der Waals surface area contributed by atoms with Gasteiger partial charge in [-0.3, -0.25) is 4.79 Å². The Hall–Kier alpha value is -3.45. The number of carbonyl (C=O) groups excluding carboxylic acids is 2. The highest BCUT2D eigenvalue weighted by Gasteiger charge is 2.12. The summed E-state index contributed by atoms with van der Waals surface area (Å²) >= 11 is 6.18. The van der Waals surface area contributed by atoms with E-state index >= 15 is 0 Å². The van der Waals surface area contributed by atoms with Gasteiger partial charge in [0.25, 0.3) is 5.91 Å². The Labute approximate surface area is 166 Å². The third-order valence-electron chi connectivity index (χ3n) is 3.86. The quantitative estimate of drug-likeness (QED) is 0.627. The van der Waals surface area contributed by atoms with Gasteiger partial charge in [-0.1, -0.05) is 29.3 Å². The van der Waals surface area contributed by atoms with E-state index in [0.29, 0.717) is 27.8 Å². The van der Waals surface area contributed by atoms with E-state index in [9.17, 15) is 9.59 Å². The molecule has 2 N–H and O–H groups in total. The molecule has 0 aliphatic rings. The third kappa shape index (κ3) is 4.63. The number of benzene rings is 2. The van der Waals surface area contributed by atoms with Gasteiger partial charge in [-0.05, 0) is 37.3 Å². The SMILES string of the molecule is COC(=O)c1ccc(Cl)c(Nc2cc(C(=O)Nc3ccc(C)cc3)ncn2)c1. The van der Waals surface area contributed by atoms with Gasteiger partial charge in [-0.2, -0.15) is 0 Å². The van der Waals surface area contributed by atoms with Crippen LogP contribution in [0.25, 0.3) is 0 Å². The Morgan fingerprint density at radius 3 is 2.50 bits per heavy atom. The lowest BCUT2D eigenvalue weighted by Gasteiger charge is -2.10. The van der Waals surface area contributed by atoms with E-state index in [1.54, 1.807) is 18.2 Å². The van der Waals surface area contributed by atoms with Gasteiger partial charge in [0.05, 0.1) is 23.4 Å². The number of nitrogens with one attached hydrogen (secondary N) is 2. The Morgan fingerprint density at radius 1 is 1.04 bits per heavy atom. The summed E-state index contributed by atoms with van der Waals surface area (Å²) in [6, 6.07) is 13.6. The number of ether oxygens (including phenoxy) is 1. The molecule has 1 heterocycles. The first-order valence-corrected chi connectivity index (χ1v) is 8.69. The van der Waals surface area contributed by atoms with Crippen molar-refractivity contribution < 1.29 is 14.3 Å². The lowest BCUT2D eigenvalue weighted by atomic mass is 10.2. The number of esters is 1. The molecule has 8 heteroatoms. The van der Waals surface area contributed by atoms with Crippen LogP contribution in [0.2, 0.25) is 5.02 Å². The van der Waals surface area contributed by atoms with Crippen molar-refractivity contribution in [2.24, 2.45) is 0 Å². The number of aromatic nitrogens is 2. The molecular weight excluding hydrogens is 380 g/mol. The highest BCUT2D eigenvalue weighted by Crippen LogP contribution is 2.26. The van der Waals surface area contributed by atoms with E-state index in [2.05, 4.69) is 20.6 Å². The molecular formula is C20H17ClN4O3. The number of anilines is 3. The standard InChI is InChI=1S/C20H17ClN4O3/c1-12-3-6-14(7-4-12)24-19(26)17-10-18(23-11-22-17)25-16-9-13(20(27)28-2)5-8-15(16)21/h3-11H,1-2H3,(H,24,26)(H,22,23,25). The topological polar surface area (TPSA) is 93.2 Å². The van der Waals surface area contributed by atoms with E-state index < -0.39 is 5.97 Å². The van der Waals surface area contributed by atoms with Crippen molar-refractivity contribution in [2.45, 2.75) is 6.92 Å². The van der Waals surface area contributed by atoms with Crippen LogP contribution in [0.15, 0.2) is 54.9 Å². The monoisotopic (exact) mass is 396 g/mol. The Kier molecular flexibility index (Phi) is 5.86. The van der Waals surface area contributed by atoms with Crippen LogP contribution >= 0.6 is 11.6 Å². The molecule has 0 aliphatic heterocycles. The number of hydrogen-bond acceptors (Lipinski definition) is 6. The zero-order chi connectivity index (χ0) is 20.1. The number of methoxy groups -OCH3 is 1. The average molecular weight is 397 g/mol. The van der Waals surface area contributed by atoms with E-state index in [4.69, 9.17) is 16.3 Å². The van der Waals surface area contributed by atoms with Gasteiger partial charge in [0.2, 0.25) is 0 Å². The van der Waals surface area contributed by atoms with Crippen LogP contribution in [0, 0.1) is 6.92 Å². The Balaban J connectivity index is 1.79. The molecule has 0 aliphatic carbocycles. The van der Waals surface area contributed by atoms with Crippen molar-refractivity contribution in [3.63, 3.8) is 0 Å².